The molecular formula is C10H18N2O4. The van der Waals surface area contributed by atoms with Crippen molar-refractivity contribution in [1.82, 2.24) is 10.6 Å². The van der Waals surface area contributed by atoms with Crippen LogP contribution in [-0.4, -0.2) is 29.6 Å². The van der Waals surface area contributed by atoms with Crippen LogP contribution in [0.2, 0.25) is 0 Å². The van der Waals surface area contributed by atoms with Crippen molar-refractivity contribution in [2.45, 2.75) is 39.0 Å². The van der Waals surface area contributed by atoms with Crippen molar-refractivity contribution in [1.29, 1.82) is 0 Å². The maximum Gasteiger partial charge on any atom is 0.321 e. The molecule has 0 fully saturated rings. The fourth-order valence-corrected chi connectivity index (χ4v) is 1.03. The van der Waals surface area contributed by atoms with Gasteiger partial charge in [-0.1, -0.05) is 19.8 Å². The molecule has 16 heavy (non-hydrogen) atoms. The van der Waals surface area contributed by atoms with Crippen LogP contribution in [0.25, 0.3) is 0 Å². The van der Waals surface area contributed by atoms with E-state index in [0.29, 0.717) is 6.54 Å². The third-order valence-corrected chi connectivity index (χ3v) is 1.88. The number of aliphatic carboxylic acids is 1. The number of hydrogen-bond acceptors (Lipinski definition) is 3. The van der Waals surface area contributed by atoms with Gasteiger partial charge in [-0.25, -0.2) is 4.79 Å². The maximum absolute atomic E-state index is 11.1. The lowest BCUT2D eigenvalue weighted by Crippen LogP contribution is -2.39. The average molecular weight is 230 g/mol. The van der Waals surface area contributed by atoms with E-state index in [1.54, 1.807) is 0 Å². The molecule has 0 aromatic rings. The van der Waals surface area contributed by atoms with E-state index in [1.807, 2.05) is 0 Å². The van der Waals surface area contributed by atoms with Crippen LogP contribution in [0, 0.1) is 0 Å². The number of carboxylic acids is 1. The number of hydrogen-bond donors (Lipinski definition) is 3. The van der Waals surface area contributed by atoms with E-state index in [1.165, 1.54) is 0 Å². The Balaban J connectivity index is 3.54. The van der Waals surface area contributed by atoms with Crippen molar-refractivity contribution >= 4 is 17.9 Å². The first-order chi connectivity index (χ1) is 7.56. The van der Waals surface area contributed by atoms with Crippen LogP contribution in [0.1, 0.15) is 39.0 Å². The number of unbranched alkanes of at least 4 members (excludes halogenated alkanes) is 2. The Morgan fingerprint density at radius 2 is 1.81 bits per heavy atom. The van der Waals surface area contributed by atoms with Crippen LogP contribution in [0.5, 0.6) is 0 Å². The molecule has 0 aromatic heterocycles. The molecule has 0 unspecified atom stereocenters. The van der Waals surface area contributed by atoms with Gasteiger partial charge in [0.25, 0.3) is 0 Å². The molecule has 0 saturated carbocycles. The number of nitrogens with one attached hydrogen (secondary N) is 2. The van der Waals surface area contributed by atoms with Crippen LogP contribution >= 0.6 is 0 Å². The number of carboxylic acid groups (broad SMARTS) is 1. The quantitative estimate of drug-likeness (QED) is 0.565. The Morgan fingerprint density at radius 3 is 2.38 bits per heavy atom. The molecule has 0 saturated heterocycles. The largest absolute Gasteiger partial charge is 0.481 e. The SMILES string of the molecule is CCCCCNC(=O)NC(=O)CCC(=O)O. The van der Waals surface area contributed by atoms with Crippen molar-refractivity contribution < 1.29 is 19.5 Å². The minimum Gasteiger partial charge on any atom is -0.481 e. The van der Waals surface area contributed by atoms with E-state index in [4.69, 9.17) is 5.11 Å². The Labute approximate surface area is 94.4 Å². The molecule has 92 valence electrons. The van der Waals surface area contributed by atoms with E-state index in [2.05, 4.69) is 17.6 Å². The van der Waals surface area contributed by atoms with Crippen LogP contribution in [0.15, 0.2) is 0 Å². The summed E-state index contributed by atoms with van der Waals surface area (Å²) in [5.41, 5.74) is 0. The molecule has 6 nitrogen and oxygen atoms in total. The Bertz CT molecular complexity index is 253. The molecule has 0 atom stereocenters. The van der Waals surface area contributed by atoms with Gasteiger partial charge in [0.2, 0.25) is 5.91 Å². The summed E-state index contributed by atoms with van der Waals surface area (Å²) in [6.07, 6.45) is 2.49. The fraction of sp³-hybridized carbons (Fsp3) is 0.700. The Morgan fingerprint density at radius 1 is 1.12 bits per heavy atom. The summed E-state index contributed by atoms with van der Waals surface area (Å²) >= 11 is 0. The second-order valence-electron chi connectivity index (χ2n) is 3.40. The highest BCUT2D eigenvalue weighted by atomic mass is 16.4. The fourth-order valence-electron chi connectivity index (χ4n) is 1.03. The number of carbonyl (C=O) groups is 3. The zero-order valence-electron chi connectivity index (χ0n) is 9.41. The summed E-state index contributed by atoms with van der Waals surface area (Å²) in [6.45, 7) is 2.57. The first-order valence-corrected chi connectivity index (χ1v) is 5.35. The standard InChI is InChI=1S/C10H18N2O4/c1-2-3-4-7-11-10(16)12-8(13)5-6-9(14)15/h2-7H2,1H3,(H,14,15)(H2,11,12,13,16). The van der Waals surface area contributed by atoms with Crippen LogP contribution < -0.4 is 10.6 Å². The summed E-state index contributed by atoms with van der Waals surface area (Å²) in [5.74, 6) is -1.63. The molecular weight excluding hydrogens is 212 g/mol. The minimum absolute atomic E-state index is 0.183. The van der Waals surface area contributed by atoms with E-state index < -0.39 is 17.9 Å². The first-order valence-electron chi connectivity index (χ1n) is 5.35. The average Bonchev–Trinajstić information content (AvgIpc) is 2.21. The third kappa shape index (κ3) is 8.98. The van der Waals surface area contributed by atoms with Crippen LogP contribution in [-0.2, 0) is 9.59 Å². The molecule has 0 radical (unpaired) electrons. The molecule has 0 aliphatic carbocycles. The molecule has 0 bridgehead atoms. The van der Waals surface area contributed by atoms with E-state index in [0.717, 1.165) is 19.3 Å². The molecule has 0 aliphatic heterocycles. The van der Waals surface area contributed by atoms with Gasteiger partial charge < -0.3 is 10.4 Å². The Hall–Kier alpha value is -1.59. The second-order valence-corrected chi connectivity index (χ2v) is 3.40. The van der Waals surface area contributed by atoms with Crippen molar-refractivity contribution in [3.05, 3.63) is 0 Å². The van der Waals surface area contributed by atoms with Gasteiger partial charge in [-0.05, 0) is 6.42 Å². The highest BCUT2D eigenvalue weighted by Gasteiger charge is 2.08. The molecule has 3 amide bonds. The smallest absolute Gasteiger partial charge is 0.321 e. The van der Waals surface area contributed by atoms with Gasteiger partial charge in [-0.3, -0.25) is 14.9 Å². The number of imide groups is 1. The second kappa shape index (κ2) is 8.70. The summed E-state index contributed by atoms with van der Waals surface area (Å²) in [6, 6.07) is -0.563. The topological polar surface area (TPSA) is 95.5 Å². The zero-order chi connectivity index (χ0) is 12.4. The minimum atomic E-state index is -1.06. The van der Waals surface area contributed by atoms with Crippen LogP contribution in [0.3, 0.4) is 0 Å². The molecule has 0 spiro atoms. The zero-order valence-corrected chi connectivity index (χ0v) is 9.41. The highest BCUT2D eigenvalue weighted by molar-refractivity contribution is 5.95. The summed E-state index contributed by atoms with van der Waals surface area (Å²) < 4.78 is 0. The van der Waals surface area contributed by atoms with Gasteiger partial charge in [0.1, 0.15) is 0 Å². The number of carbonyl (C=O) groups excluding carboxylic acids is 2. The molecule has 0 aliphatic rings. The van der Waals surface area contributed by atoms with E-state index in [-0.39, 0.29) is 12.8 Å². The summed E-state index contributed by atoms with van der Waals surface area (Å²) in [5, 5.41) is 12.9. The van der Waals surface area contributed by atoms with Crippen molar-refractivity contribution in [3.8, 4) is 0 Å². The van der Waals surface area contributed by atoms with Crippen molar-refractivity contribution in [2.24, 2.45) is 0 Å². The van der Waals surface area contributed by atoms with Gasteiger partial charge in [0.15, 0.2) is 0 Å². The van der Waals surface area contributed by atoms with Gasteiger partial charge >= 0.3 is 12.0 Å². The number of urea groups is 1. The predicted octanol–water partition coefficient (Wildman–Crippen LogP) is 0.867. The highest BCUT2D eigenvalue weighted by Crippen LogP contribution is 1.91. The van der Waals surface area contributed by atoms with Gasteiger partial charge in [-0.2, -0.15) is 0 Å². The van der Waals surface area contributed by atoms with Crippen LogP contribution in [0.4, 0.5) is 4.79 Å². The van der Waals surface area contributed by atoms with Crippen molar-refractivity contribution in [3.63, 3.8) is 0 Å². The summed E-state index contributed by atoms with van der Waals surface area (Å²) in [4.78, 5) is 32.2. The van der Waals surface area contributed by atoms with E-state index in [9.17, 15) is 14.4 Å². The third-order valence-electron chi connectivity index (χ3n) is 1.88. The lowest BCUT2D eigenvalue weighted by molar-refractivity contribution is -0.138. The monoisotopic (exact) mass is 230 g/mol. The predicted molar refractivity (Wildman–Crippen MR) is 57.9 cm³/mol. The first kappa shape index (κ1) is 14.4. The molecule has 6 heteroatoms. The van der Waals surface area contributed by atoms with Gasteiger partial charge in [-0.15, -0.1) is 0 Å². The lowest BCUT2D eigenvalue weighted by atomic mass is 10.2. The molecule has 3 N–H and O–H groups in total. The molecule has 0 heterocycles. The summed E-state index contributed by atoms with van der Waals surface area (Å²) in [7, 11) is 0. The molecule has 0 aromatic carbocycles. The lowest BCUT2D eigenvalue weighted by Gasteiger charge is -2.05. The normalized spacial score (nSPS) is 9.56. The van der Waals surface area contributed by atoms with Gasteiger partial charge in [0, 0.05) is 13.0 Å². The molecule has 0 rings (SSSR count). The number of rotatable bonds is 7. The van der Waals surface area contributed by atoms with E-state index >= 15 is 0 Å². The van der Waals surface area contributed by atoms with Gasteiger partial charge in [0.05, 0.1) is 6.42 Å². The number of amides is 3. The Kier molecular flexibility index (Phi) is 7.83. The van der Waals surface area contributed by atoms with Crippen molar-refractivity contribution in [2.75, 3.05) is 6.54 Å². The maximum atomic E-state index is 11.1.